The van der Waals surface area contributed by atoms with Gasteiger partial charge in [0.05, 0.1) is 0 Å². The molecule has 0 saturated heterocycles. The van der Waals surface area contributed by atoms with Crippen molar-refractivity contribution in [3.8, 4) is 62.2 Å². The minimum Gasteiger partial charge on any atom is -0.485 e. The lowest BCUT2D eigenvalue weighted by atomic mass is 9.85. The lowest BCUT2D eigenvalue weighted by Crippen LogP contribution is -2.17. The van der Waals surface area contributed by atoms with Crippen LogP contribution in [0.5, 0.6) is 5.75 Å². The molecular formula is C49H29N3O2. The third kappa shape index (κ3) is 4.30. The first-order valence-electron chi connectivity index (χ1n) is 18.3. The molecule has 2 atom stereocenters. The molecule has 54 heavy (non-hydrogen) atoms. The molecule has 9 aromatic rings. The van der Waals surface area contributed by atoms with Gasteiger partial charge in [0.15, 0.2) is 17.5 Å². The van der Waals surface area contributed by atoms with Crippen LogP contribution in [0.25, 0.3) is 94.7 Å². The highest BCUT2D eigenvalue weighted by Crippen LogP contribution is 2.50. The van der Waals surface area contributed by atoms with E-state index < -0.39 is 0 Å². The number of allylic oxidation sites excluding steroid dienone is 2. The van der Waals surface area contributed by atoms with Crippen molar-refractivity contribution >= 4 is 38.3 Å². The van der Waals surface area contributed by atoms with Crippen molar-refractivity contribution < 1.29 is 9.15 Å². The summed E-state index contributed by atoms with van der Waals surface area (Å²) in [6.45, 7) is 0. The van der Waals surface area contributed by atoms with E-state index >= 15 is 0 Å². The Morgan fingerprint density at radius 2 is 1.17 bits per heavy atom. The molecule has 5 heteroatoms. The SMILES string of the molecule is C1=CC2c3c(cccc3-c3nc(-c4cc5c6c(cccc6c4)-c4ccccc4-5)nc(-c4cccc5oc6ccccc6c45)n3)OC2C=C1c1ccccc1. The summed E-state index contributed by atoms with van der Waals surface area (Å²) in [5.74, 6) is 2.69. The van der Waals surface area contributed by atoms with E-state index in [2.05, 4.69) is 121 Å². The maximum absolute atomic E-state index is 6.66. The number of nitrogens with zero attached hydrogens (tertiary/aromatic N) is 3. The van der Waals surface area contributed by atoms with Gasteiger partial charge in [0.1, 0.15) is 23.0 Å². The summed E-state index contributed by atoms with van der Waals surface area (Å²) in [4.78, 5) is 15.9. The average Bonchev–Trinajstić information content (AvgIpc) is 3.91. The minimum absolute atomic E-state index is 0.0184. The van der Waals surface area contributed by atoms with Crippen LogP contribution in [-0.2, 0) is 0 Å². The average molecular weight is 692 g/mol. The van der Waals surface area contributed by atoms with Crippen LogP contribution in [0.4, 0.5) is 0 Å². The van der Waals surface area contributed by atoms with Gasteiger partial charge in [0.2, 0.25) is 0 Å². The van der Waals surface area contributed by atoms with Gasteiger partial charge in [-0.25, -0.2) is 15.0 Å². The maximum Gasteiger partial charge on any atom is 0.164 e. The molecule has 0 fully saturated rings. The van der Waals surface area contributed by atoms with Crippen molar-refractivity contribution in [2.24, 2.45) is 0 Å². The molecule has 5 nitrogen and oxygen atoms in total. The van der Waals surface area contributed by atoms with E-state index in [0.29, 0.717) is 17.5 Å². The highest BCUT2D eigenvalue weighted by Gasteiger charge is 2.36. The van der Waals surface area contributed by atoms with Crippen molar-refractivity contribution in [2.45, 2.75) is 12.0 Å². The fourth-order valence-corrected chi connectivity index (χ4v) is 8.83. The van der Waals surface area contributed by atoms with Crippen molar-refractivity contribution in [3.63, 3.8) is 0 Å². The van der Waals surface area contributed by atoms with Gasteiger partial charge in [-0.2, -0.15) is 0 Å². The number of hydrogen-bond donors (Lipinski definition) is 0. The largest absolute Gasteiger partial charge is 0.485 e. The predicted molar refractivity (Wildman–Crippen MR) is 216 cm³/mol. The molecular weight excluding hydrogens is 663 g/mol. The predicted octanol–water partition coefficient (Wildman–Crippen LogP) is 12.1. The molecule has 0 bridgehead atoms. The van der Waals surface area contributed by atoms with Crippen molar-refractivity contribution in [1.82, 2.24) is 15.0 Å². The maximum atomic E-state index is 6.66. The van der Waals surface area contributed by atoms with Gasteiger partial charge in [-0.1, -0.05) is 127 Å². The highest BCUT2D eigenvalue weighted by atomic mass is 16.5. The van der Waals surface area contributed by atoms with Crippen LogP contribution < -0.4 is 4.74 Å². The van der Waals surface area contributed by atoms with Crippen LogP contribution in [0.3, 0.4) is 0 Å². The molecule has 3 aliphatic rings. The van der Waals surface area contributed by atoms with E-state index in [1.54, 1.807) is 0 Å². The number of furan rings is 1. The number of aromatic nitrogens is 3. The standard InChI is InChI=1S/C49H29N3O2/c1-2-11-28(12-3-1)29-23-24-36-43(27-29)54-42-22-10-19-38(46(36)42)49-51-47(31-25-30-13-8-17-34-32-14-4-5-15-33(32)39(26-31)44(30)34)50-48(52-49)37-18-9-21-41-45(37)35-16-6-7-20-40(35)53-41/h1-27,36,43H. The van der Waals surface area contributed by atoms with E-state index in [4.69, 9.17) is 24.1 Å². The fourth-order valence-electron chi connectivity index (χ4n) is 8.83. The summed E-state index contributed by atoms with van der Waals surface area (Å²) >= 11 is 0. The van der Waals surface area contributed by atoms with Crippen molar-refractivity contribution in [3.05, 3.63) is 175 Å². The Morgan fingerprint density at radius 1 is 0.481 bits per heavy atom. The molecule has 0 radical (unpaired) electrons. The molecule has 12 rings (SSSR count). The highest BCUT2D eigenvalue weighted by molar-refractivity contribution is 6.16. The normalized spacial score (nSPS) is 16.3. The molecule has 2 aliphatic carbocycles. The number of hydrogen-bond acceptors (Lipinski definition) is 5. The molecule has 7 aromatic carbocycles. The van der Waals surface area contributed by atoms with Crippen LogP contribution in [0.1, 0.15) is 17.0 Å². The first-order chi connectivity index (χ1) is 26.7. The molecule has 252 valence electrons. The Labute approximate surface area is 310 Å². The summed E-state index contributed by atoms with van der Waals surface area (Å²) in [6.07, 6.45) is 6.59. The molecule has 0 spiro atoms. The molecule has 0 saturated carbocycles. The summed E-state index contributed by atoms with van der Waals surface area (Å²) < 4.78 is 13.0. The van der Waals surface area contributed by atoms with Gasteiger partial charge in [-0.05, 0) is 80.6 Å². The first-order valence-corrected chi connectivity index (χ1v) is 18.3. The summed E-state index contributed by atoms with van der Waals surface area (Å²) in [7, 11) is 0. The van der Waals surface area contributed by atoms with Gasteiger partial charge in [-0.3, -0.25) is 0 Å². The second-order valence-electron chi connectivity index (χ2n) is 14.2. The van der Waals surface area contributed by atoms with Gasteiger partial charge >= 0.3 is 0 Å². The monoisotopic (exact) mass is 691 g/mol. The zero-order valence-electron chi connectivity index (χ0n) is 28.9. The number of benzene rings is 7. The second-order valence-corrected chi connectivity index (χ2v) is 14.2. The van der Waals surface area contributed by atoms with Crippen LogP contribution >= 0.6 is 0 Å². The van der Waals surface area contributed by atoms with Crippen LogP contribution in [0.2, 0.25) is 0 Å². The fraction of sp³-hybridized carbons (Fsp3) is 0.0408. The summed E-state index contributed by atoms with van der Waals surface area (Å²) in [5, 5.41) is 4.44. The summed E-state index contributed by atoms with van der Waals surface area (Å²) in [5.41, 5.74) is 12.8. The first kappa shape index (κ1) is 29.5. The van der Waals surface area contributed by atoms with E-state index in [1.165, 1.54) is 33.2 Å². The molecule has 3 heterocycles. The Kier molecular flexibility index (Phi) is 6.11. The zero-order chi connectivity index (χ0) is 35.3. The quantitative estimate of drug-likeness (QED) is 0.184. The van der Waals surface area contributed by atoms with Crippen LogP contribution in [0.15, 0.2) is 168 Å². The van der Waals surface area contributed by atoms with E-state index in [9.17, 15) is 0 Å². The third-order valence-electron chi connectivity index (χ3n) is 11.2. The molecule has 0 amide bonds. The van der Waals surface area contributed by atoms with E-state index in [1.807, 2.05) is 42.5 Å². The lowest BCUT2D eigenvalue weighted by Gasteiger charge is -2.19. The lowest BCUT2D eigenvalue weighted by molar-refractivity contribution is 0.269. The Morgan fingerprint density at radius 3 is 2.07 bits per heavy atom. The molecule has 2 aromatic heterocycles. The van der Waals surface area contributed by atoms with Crippen LogP contribution in [-0.4, -0.2) is 21.1 Å². The molecule has 1 aliphatic heterocycles. The molecule has 0 N–H and O–H groups in total. The number of fused-ring (bicyclic) bond motifs is 9. The smallest absolute Gasteiger partial charge is 0.164 e. The number of ether oxygens (including phenoxy) is 1. The Bertz CT molecular complexity index is 3100. The van der Waals surface area contributed by atoms with Crippen LogP contribution in [0, 0.1) is 0 Å². The zero-order valence-corrected chi connectivity index (χ0v) is 28.9. The van der Waals surface area contributed by atoms with E-state index in [-0.39, 0.29) is 12.0 Å². The Hall–Kier alpha value is -7.11. The van der Waals surface area contributed by atoms with Gasteiger partial charge in [0, 0.05) is 38.9 Å². The Balaban J connectivity index is 1.08. The van der Waals surface area contributed by atoms with E-state index in [0.717, 1.165) is 60.9 Å². The number of rotatable bonds is 4. The van der Waals surface area contributed by atoms with Gasteiger partial charge < -0.3 is 9.15 Å². The van der Waals surface area contributed by atoms with Gasteiger partial charge in [0.25, 0.3) is 0 Å². The summed E-state index contributed by atoms with van der Waals surface area (Å²) in [6, 6.07) is 50.6. The molecule has 2 unspecified atom stereocenters. The topological polar surface area (TPSA) is 61.0 Å². The van der Waals surface area contributed by atoms with Crippen molar-refractivity contribution in [1.29, 1.82) is 0 Å². The minimum atomic E-state index is -0.132. The third-order valence-corrected chi connectivity index (χ3v) is 11.2. The number of para-hydroxylation sites is 1. The second kappa shape index (κ2) is 11.2. The van der Waals surface area contributed by atoms with Gasteiger partial charge in [-0.15, -0.1) is 0 Å². The van der Waals surface area contributed by atoms with Crippen molar-refractivity contribution in [2.75, 3.05) is 0 Å².